The van der Waals surface area contributed by atoms with Gasteiger partial charge in [-0.3, -0.25) is 0 Å². The van der Waals surface area contributed by atoms with E-state index in [0.29, 0.717) is 18.8 Å². The predicted octanol–water partition coefficient (Wildman–Crippen LogP) is 7.87. The van der Waals surface area contributed by atoms with Crippen LogP contribution in [0.4, 0.5) is 0 Å². The zero-order chi connectivity index (χ0) is 25.5. The highest BCUT2D eigenvalue weighted by atomic mass is 79.9. The number of aryl methyl sites for hydroxylation is 2. The predicted molar refractivity (Wildman–Crippen MR) is 151 cm³/mol. The van der Waals surface area contributed by atoms with Crippen LogP contribution in [0, 0.1) is 13.8 Å². The Morgan fingerprint density at radius 3 is 1.78 bits per heavy atom. The van der Waals surface area contributed by atoms with Gasteiger partial charge in [0.2, 0.25) is 0 Å². The minimum atomic E-state index is -1.04. The van der Waals surface area contributed by atoms with E-state index in [1.54, 1.807) is 0 Å². The van der Waals surface area contributed by atoms with Crippen molar-refractivity contribution < 1.29 is 19.0 Å². The van der Waals surface area contributed by atoms with Crippen molar-refractivity contribution in [2.45, 2.75) is 45.1 Å². The SMILES string of the molecule is Cc1cc(C2(c3ccc(OCCCCBr)c(C)c3)OC(=O)c3ccccc32)ccc1OCCCCBr. The number of ether oxygens (including phenoxy) is 3. The minimum absolute atomic E-state index is 0.314. The lowest BCUT2D eigenvalue weighted by molar-refractivity contribution is 0.0251. The summed E-state index contributed by atoms with van der Waals surface area (Å²) in [5.74, 6) is 1.39. The summed E-state index contributed by atoms with van der Waals surface area (Å²) in [6.45, 7) is 5.42. The maximum absolute atomic E-state index is 13.1. The van der Waals surface area contributed by atoms with Crippen LogP contribution in [-0.2, 0) is 10.3 Å². The first-order valence-corrected chi connectivity index (χ1v) is 14.7. The zero-order valence-electron chi connectivity index (χ0n) is 20.8. The number of benzene rings is 3. The van der Waals surface area contributed by atoms with Crippen molar-refractivity contribution in [3.8, 4) is 11.5 Å². The summed E-state index contributed by atoms with van der Waals surface area (Å²) in [6.07, 6.45) is 4.13. The second kappa shape index (κ2) is 12.3. The maximum Gasteiger partial charge on any atom is 0.340 e. The summed E-state index contributed by atoms with van der Waals surface area (Å²) in [6, 6.07) is 19.8. The Morgan fingerprint density at radius 2 is 1.28 bits per heavy atom. The van der Waals surface area contributed by atoms with Gasteiger partial charge in [-0.05, 0) is 81.0 Å². The molecule has 6 heteroatoms. The van der Waals surface area contributed by atoms with Crippen LogP contribution < -0.4 is 9.47 Å². The fraction of sp³-hybridized carbons (Fsp3) is 0.367. The summed E-state index contributed by atoms with van der Waals surface area (Å²) in [5.41, 5.74) is 4.23. The molecule has 0 fully saturated rings. The van der Waals surface area contributed by atoms with E-state index < -0.39 is 5.60 Å². The second-order valence-electron chi connectivity index (χ2n) is 9.07. The highest BCUT2D eigenvalue weighted by Crippen LogP contribution is 2.48. The van der Waals surface area contributed by atoms with E-state index in [1.165, 1.54) is 0 Å². The number of cyclic esters (lactones) is 1. The second-order valence-corrected chi connectivity index (χ2v) is 10.7. The highest BCUT2D eigenvalue weighted by Gasteiger charge is 2.48. The van der Waals surface area contributed by atoms with Gasteiger partial charge in [0.05, 0.1) is 18.8 Å². The Balaban J connectivity index is 1.73. The van der Waals surface area contributed by atoms with Crippen LogP contribution >= 0.6 is 31.9 Å². The molecule has 36 heavy (non-hydrogen) atoms. The van der Waals surface area contributed by atoms with Gasteiger partial charge in [-0.1, -0.05) is 62.2 Å². The third-order valence-corrected chi connectivity index (χ3v) is 7.63. The Morgan fingerprint density at radius 1 is 0.750 bits per heavy atom. The van der Waals surface area contributed by atoms with Crippen LogP contribution in [0.3, 0.4) is 0 Å². The smallest absolute Gasteiger partial charge is 0.340 e. The maximum atomic E-state index is 13.1. The Hall–Kier alpha value is -2.31. The van der Waals surface area contributed by atoms with Gasteiger partial charge in [0.25, 0.3) is 0 Å². The van der Waals surface area contributed by atoms with Crippen molar-refractivity contribution in [3.05, 3.63) is 94.0 Å². The first-order valence-electron chi connectivity index (χ1n) is 12.4. The van der Waals surface area contributed by atoms with Gasteiger partial charge in [0, 0.05) is 27.4 Å². The normalized spacial score (nSPS) is 13.8. The van der Waals surface area contributed by atoms with Crippen LogP contribution in [0.2, 0.25) is 0 Å². The van der Waals surface area contributed by atoms with Gasteiger partial charge in [-0.15, -0.1) is 0 Å². The Labute approximate surface area is 230 Å². The monoisotopic (exact) mass is 614 g/mol. The minimum Gasteiger partial charge on any atom is -0.493 e. The molecule has 0 aliphatic carbocycles. The summed E-state index contributed by atoms with van der Waals surface area (Å²) < 4.78 is 18.3. The number of esters is 1. The van der Waals surface area contributed by atoms with Crippen molar-refractivity contribution in [1.29, 1.82) is 0 Å². The first-order chi connectivity index (χ1) is 17.5. The number of hydrogen-bond acceptors (Lipinski definition) is 4. The summed E-state index contributed by atoms with van der Waals surface area (Å²) in [5, 5.41) is 1.95. The molecule has 4 nitrogen and oxygen atoms in total. The summed E-state index contributed by atoms with van der Waals surface area (Å²) in [7, 11) is 0. The van der Waals surface area contributed by atoms with Gasteiger partial charge in [0.1, 0.15) is 11.5 Å². The fourth-order valence-corrected chi connectivity index (χ4v) is 5.42. The van der Waals surface area contributed by atoms with Crippen molar-refractivity contribution in [3.63, 3.8) is 0 Å². The fourth-order valence-electron chi connectivity index (χ4n) is 4.63. The molecule has 0 amide bonds. The molecule has 3 aromatic rings. The van der Waals surface area contributed by atoms with E-state index in [-0.39, 0.29) is 5.97 Å². The molecular weight excluding hydrogens is 584 g/mol. The number of alkyl halides is 2. The molecule has 0 saturated heterocycles. The van der Waals surface area contributed by atoms with Gasteiger partial charge in [-0.2, -0.15) is 0 Å². The Kier molecular flexibility index (Phi) is 9.13. The van der Waals surface area contributed by atoms with Gasteiger partial charge >= 0.3 is 5.97 Å². The van der Waals surface area contributed by atoms with E-state index >= 15 is 0 Å². The van der Waals surface area contributed by atoms with Gasteiger partial charge in [-0.25, -0.2) is 4.79 Å². The quantitative estimate of drug-likeness (QED) is 0.118. The number of unbranched alkanes of at least 4 members (excludes halogenated alkanes) is 2. The van der Waals surface area contributed by atoms with Gasteiger partial charge in [0.15, 0.2) is 5.60 Å². The molecule has 3 aromatic carbocycles. The lowest BCUT2D eigenvalue weighted by Gasteiger charge is -2.31. The molecule has 1 heterocycles. The number of carbonyl (C=O) groups is 1. The molecule has 0 bridgehead atoms. The van der Waals surface area contributed by atoms with E-state index in [2.05, 4.69) is 44.0 Å². The number of hydrogen-bond donors (Lipinski definition) is 0. The average molecular weight is 616 g/mol. The lowest BCUT2D eigenvalue weighted by Crippen LogP contribution is -2.29. The molecule has 0 N–H and O–H groups in total. The van der Waals surface area contributed by atoms with Crippen LogP contribution in [0.25, 0.3) is 0 Å². The molecule has 0 spiro atoms. The molecule has 0 radical (unpaired) electrons. The average Bonchev–Trinajstić information content (AvgIpc) is 3.19. The lowest BCUT2D eigenvalue weighted by atomic mass is 9.79. The number of carbonyl (C=O) groups excluding carboxylic acids is 1. The number of fused-ring (bicyclic) bond motifs is 1. The molecule has 190 valence electrons. The standard InChI is InChI=1S/C30H32Br2O4/c1-21-19-23(11-13-27(21)34-17-7-5-15-31)30(26-10-4-3-9-25(26)29(33)36-30)24-12-14-28(22(2)20-24)35-18-8-6-16-32/h3-4,9-14,19-20H,5-8,15-18H2,1-2H3. The van der Waals surface area contributed by atoms with Gasteiger partial charge < -0.3 is 14.2 Å². The van der Waals surface area contributed by atoms with Crippen LogP contribution in [0.5, 0.6) is 11.5 Å². The largest absolute Gasteiger partial charge is 0.493 e. The van der Waals surface area contributed by atoms with Crippen molar-refractivity contribution in [2.75, 3.05) is 23.9 Å². The molecule has 1 aliphatic rings. The van der Waals surface area contributed by atoms with E-state index in [9.17, 15) is 4.79 Å². The summed E-state index contributed by atoms with van der Waals surface area (Å²) >= 11 is 6.93. The molecule has 0 saturated carbocycles. The van der Waals surface area contributed by atoms with Crippen molar-refractivity contribution in [2.24, 2.45) is 0 Å². The third kappa shape index (κ3) is 5.50. The van der Waals surface area contributed by atoms with Crippen LogP contribution in [-0.4, -0.2) is 29.8 Å². The highest BCUT2D eigenvalue weighted by molar-refractivity contribution is 9.09. The summed E-state index contributed by atoms with van der Waals surface area (Å²) in [4.78, 5) is 13.1. The van der Waals surface area contributed by atoms with E-state index in [0.717, 1.165) is 75.7 Å². The number of halogens is 2. The molecule has 0 unspecified atom stereocenters. The number of rotatable bonds is 12. The third-order valence-electron chi connectivity index (χ3n) is 6.51. The van der Waals surface area contributed by atoms with Crippen molar-refractivity contribution in [1.82, 2.24) is 0 Å². The Bertz CT molecular complexity index is 1150. The molecule has 0 aromatic heterocycles. The molecular formula is C30H32Br2O4. The molecule has 1 aliphatic heterocycles. The molecule has 0 atom stereocenters. The van der Waals surface area contributed by atoms with E-state index in [1.807, 2.05) is 62.4 Å². The van der Waals surface area contributed by atoms with Crippen LogP contribution in [0.1, 0.15) is 63.9 Å². The first kappa shape index (κ1) is 26.7. The van der Waals surface area contributed by atoms with Crippen molar-refractivity contribution >= 4 is 37.8 Å². The molecule has 4 rings (SSSR count). The topological polar surface area (TPSA) is 44.8 Å². The van der Waals surface area contributed by atoms with E-state index in [4.69, 9.17) is 14.2 Å². The zero-order valence-corrected chi connectivity index (χ0v) is 24.0. The van der Waals surface area contributed by atoms with Crippen LogP contribution in [0.15, 0.2) is 60.7 Å².